The minimum absolute atomic E-state index is 0.0589. The molecule has 2 unspecified atom stereocenters. The normalized spacial score (nSPS) is 12.9. The van der Waals surface area contributed by atoms with E-state index in [4.69, 9.17) is 11.6 Å². The van der Waals surface area contributed by atoms with Crippen LogP contribution in [0, 0.1) is 16.0 Å². The molecule has 8 heteroatoms. The average molecular weight is 404 g/mol. The van der Waals surface area contributed by atoms with E-state index in [1.54, 1.807) is 0 Å². The number of hydrogen-bond donors (Lipinski definition) is 2. The third kappa shape index (κ3) is 5.29. The second-order valence-electron chi connectivity index (χ2n) is 6.76. The van der Waals surface area contributed by atoms with E-state index in [-0.39, 0.29) is 34.1 Å². The van der Waals surface area contributed by atoms with Crippen molar-refractivity contribution in [2.24, 2.45) is 5.92 Å². The number of carbonyl (C=O) groups is 2. The Labute approximate surface area is 168 Å². The van der Waals surface area contributed by atoms with Crippen LogP contribution in [0.4, 0.5) is 5.69 Å². The summed E-state index contributed by atoms with van der Waals surface area (Å²) in [4.78, 5) is 35.6. The Morgan fingerprint density at radius 1 is 1.04 bits per heavy atom. The van der Waals surface area contributed by atoms with E-state index >= 15 is 0 Å². The van der Waals surface area contributed by atoms with E-state index in [1.165, 1.54) is 12.1 Å². The summed E-state index contributed by atoms with van der Waals surface area (Å²) in [6.07, 6.45) is 0. The second kappa shape index (κ2) is 9.32. The Morgan fingerprint density at radius 3 is 2.25 bits per heavy atom. The van der Waals surface area contributed by atoms with Crippen molar-refractivity contribution >= 4 is 29.1 Å². The number of rotatable bonds is 7. The van der Waals surface area contributed by atoms with Gasteiger partial charge < -0.3 is 10.6 Å². The molecule has 0 aliphatic carbocycles. The number of halogens is 1. The Balaban J connectivity index is 2.14. The van der Waals surface area contributed by atoms with Gasteiger partial charge in [0, 0.05) is 11.6 Å². The molecule has 0 saturated heterocycles. The maximum absolute atomic E-state index is 12.7. The maximum atomic E-state index is 12.7. The van der Waals surface area contributed by atoms with Crippen molar-refractivity contribution in [3.8, 4) is 0 Å². The molecule has 0 aliphatic heterocycles. The van der Waals surface area contributed by atoms with Crippen LogP contribution in [-0.4, -0.2) is 22.8 Å². The molecule has 7 nitrogen and oxygen atoms in total. The molecular formula is C20H22ClN3O4. The summed E-state index contributed by atoms with van der Waals surface area (Å²) in [6, 6.07) is 12.2. The molecule has 0 saturated carbocycles. The predicted octanol–water partition coefficient (Wildman–Crippen LogP) is 3.88. The first-order valence-corrected chi connectivity index (χ1v) is 9.18. The predicted molar refractivity (Wildman–Crippen MR) is 107 cm³/mol. The Hall–Kier alpha value is -2.93. The molecule has 0 aliphatic rings. The van der Waals surface area contributed by atoms with E-state index in [1.807, 2.05) is 51.1 Å². The average Bonchev–Trinajstić information content (AvgIpc) is 2.66. The number of amides is 2. The smallest absolute Gasteiger partial charge is 0.288 e. The number of carbonyl (C=O) groups excluding carboxylic acids is 2. The van der Waals surface area contributed by atoms with Crippen LogP contribution in [0.5, 0.6) is 0 Å². The highest BCUT2D eigenvalue weighted by molar-refractivity contribution is 6.32. The minimum atomic E-state index is -0.798. The molecule has 0 fully saturated rings. The lowest BCUT2D eigenvalue weighted by molar-refractivity contribution is -0.384. The maximum Gasteiger partial charge on any atom is 0.288 e. The van der Waals surface area contributed by atoms with Gasteiger partial charge in [-0.15, -0.1) is 0 Å². The Bertz CT molecular complexity index is 871. The van der Waals surface area contributed by atoms with Crippen molar-refractivity contribution in [3.63, 3.8) is 0 Å². The zero-order valence-corrected chi connectivity index (χ0v) is 16.6. The first-order chi connectivity index (χ1) is 13.2. The molecule has 0 spiro atoms. The van der Waals surface area contributed by atoms with Crippen LogP contribution in [0.2, 0.25) is 5.02 Å². The lowest BCUT2D eigenvalue weighted by Crippen LogP contribution is -2.50. The van der Waals surface area contributed by atoms with Crippen molar-refractivity contribution in [1.29, 1.82) is 0 Å². The fourth-order valence-corrected chi connectivity index (χ4v) is 2.87. The second-order valence-corrected chi connectivity index (χ2v) is 7.17. The van der Waals surface area contributed by atoms with Crippen LogP contribution < -0.4 is 10.6 Å². The van der Waals surface area contributed by atoms with Gasteiger partial charge in [0.1, 0.15) is 11.1 Å². The third-order valence-corrected chi connectivity index (χ3v) is 4.62. The molecule has 2 aromatic carbocycles. The summed E-state index contributed by atoms with van der Waals surface area (Å²) in [5.74, 6) is -1.10. The summed E-state index contributed by atoms with van der Waals surface area (Å²) in [6.45, 7) is 5.47. The standard InChI is InChI=1S/C20H22ClN3O4/c1-12(2)18(20(26)22-13(3)14-7-5-4-6-8-14)23-19(25)15-9-10-16(21)17(11-15)24(27)28/h4-13,18H,1-3H3,(H,22,26)(H,23,25). The molecular weight excluding hydrogens is 382 g/mol. The molecule has 0 heterocycles. The van der Waals surface area contributed by atoms with Crippen molar-refractivity contribution < 1.29 is 14.5 Å². The van der Waals surface area contributed by atoms with Gasteiger partial charge in [0.15, 0.2) is 0 Å². The van der Waals surface area contributed by atoms with Crippen molar-refractivity contribution in [2.75, 3.05) is 0 Å². The lowest BCUT2D eigenvalue weighted by atomic mass is 10.0. The van der Waals surface area contributed by atoms with Gasteiger partial charge >= 0.3 is 0 Å². The van der Waals surface area contributed by atoms with Crippen molar-refractivity contribution in [2.45, 2.75) is 32.9 Å². The van der Waals surface area contributed by atoms with Crippen LogP contribution >= 0.6 is 11.6 Å². The topological polar surface area (TPSA) is 101 Å². The number of nitrogens with zero attached hydrogens (tertiary/aromatic N) is 1. The van der Waals surface area contributed by atoms with Gasteiger partial charge in [0.25, 0.3) is 11.6 Å². The van der Waals surface area contributed by atoms with E-state index in [2.05, 4.69) is 10.6 Å². The van der Waals surface area contributed by atoms with Crippen LogP contribution in [0.25, 0.3) is 0 Å². The molecule has 0 aromatic heterocycles. The zero-order valence-electron chi connectivity index (χ0n) is 15.8. The summed E-state index contributed by atoms with van der Waals surface area (Å²) >= 11 is 5.78. The van der Waals surface area contributed by atoms with Crippen LogP contribution in [0.1, 0.15) is 42.7 Å². The molecule has 2 atom stereocenters. The molecule has 148 valence electrons. The van der Waals surface area contributed by atoms with E-state index in [0.717, 1.165) is 11.6 Å². The molecule has 2 rings (SSSR count). The zero-order chi connectivity index (χ0) is 20.8. The molecule has 2 aromatic rings. The largest absolute Gasteiger partial charge is 0.348 e. The van der Waals surface area contributed by atoms with Crippen molar-refractivity contribution in [1.82, 2.24) is 10.6 Å². The summed E-state index contributed by atoms with van der Waals surface area (Å²) in [5.41, 5.74) is 0.640. The van der Waals surface area contributed by atoms with E-state index < -0.39 is 16.9 Å². The monoisotopic (exact) mass is 403 g/mol. The highest BCUT2D eigenvalue weighted by atomic mass is 35.5. The third-order valence-electron chi connectivity index (χ3n) is 4.30. The van der Waals surface area contributed by atoms with Gasteiger partial charge in [0.2, 0.25) is 5.91 Å². The Kier molecular flexibility index (Phi) is 7.12. The first-order valence-electron chi connectivity index (χ1n) is 8.80. The van der Waals surface area contributed by atoms with Crippen LogP contribution in [0.15, 0.2) is 48.5 Å². The Morgan fingerprint density at radius 2 is 1.68 bits per heavy atom. The van der Waals surface area contributed by atoms with E-state index in [9.17, 15) is 19.7 Å². The fraction of sp³-hybridized carbons (Fsp3) is 0.300. The lowest BCUT2D eigenvalue weighted by Gasteiger charge is -2.24. The molecule has 2 N–H and O–H groups in total. The number of nitro groups is 1. The van der Waals surface area contributed by atoms with Gasteiger partial charge in [-0.3, -0.25) is 19.7 Å². The first kappa shape index (κ1) is 21.4. The van der Waals surface area contributed by atoms with Gasteiger partial charge in [0.05, 0.1) is 11.0 Å². The van der Waals surface area contributed by atoms with Crippen molar-refractivity contribution in [3.05, 3.63) is 74.8 Å². The summed E-state index contributed by atoms with van der Waals surface area (Å²) in [5, 5.41) is 16.5. The molecule has 28 heavy (non-hydrogen) atoms. The number of hydrogen-bond acceptors (Lipinski definition) is 4. The quantitative estimate of drug-likeness (QED) is 0.541. The molecule has 0 bridgehead atoms. The van der Waals surface area contributed by atoms with Gasteiger partial charge in [-0.25, -0.2) is 0 Å². The number of nitrogens with one attached hydrogen (secondary N) is 2. The molecule has 0 radical (unpaired) electrons. The fourth-order valence-electron chi connectivity index (χ4n) is 2.68. The number of benzene rings is 2. The summed E-state index contributed by atoms with van der Waals surface area (Å²) in [7, 11) is 0. The van der Waals surface area contributed by atoms with Crippen LogP contribution in [0.3, 0.4) is 0 Å². The van der Waals surface area contributed by atoms with E-state index in [0.29, 0.717) is 0 Å². The molecule has 2 amide bonds. The van der Waals surface area contributed by atoms with Gasteiger partial charge in [-0.1, -0.05) is 55.8 Å². The van der Waals surface area contributed by atoms with Crippen LogP contribution in [-0.2, 0) is 4.79 Å². The SMILES string of the molecule is CC(NC(=O)C(NC(=O)c1ccc(Cl)c([N+](=O)[O-])c1)C(C)C)c1ccccc1. The minimum Gasteiger partial charge on any atom is -0.348 e. The van der Waals surface area contributed by atoms with Gasteiger partial charge in [-0.05, 0) is 30.5 Å². The highest BCUT2D eigenvalue weighted by Crippen LogP contribution is 2.25. The van der Waals surface area contributed by atoms with Gasteiger partial charge in [-0.2, -0.15) is 0 Å². The highest BCUT2D eigenvalue weighted by Gasteiger charge is 2.27. The number of nitro benzene ring substituents is 1. The summed E-state index contributed by atoms with van der Waals surface area (Å²) < 4.78 is 0.